The minimum absolute atomic E-state index is 0.0374. The first-order valence-electron chi connectivity index (χ1n) is 11.2. The molecule has 1 saturated carbocycles. The molecule has 5 rings (SSSR count). The highest BCUT2D eigenvalue weighted by Crippen LogP contribution is 2.42. The van der Waals surface area contributed by atoms with Crippen LogP contribution in [0.5, 0.6) is 0 Å². The summed E-state index contributed by atoms with van der Waals surface area (Å²) in [5.41, 5.74) is 6.43. The fraction of sp³-hybridized carbons (Fsp3) is 0.333. The van der Waals surface area contributed by atoms with Crippen LogP contribution in [0, 0.1) is 11.7 Å². The lowest BCUT2D eigenvalue weighted by Crippen LogP contribution is -2.53. The molecule has 8 nitrogen and oxygen atoms in total. The summed E-state index contributed by atoms with van der Waals surface area (Å²) >= 11 is 9.19. The summed E-state index contributed by atoms with van der Waals surface area (Å²) < 4.78 is 16.4. The molecule has 2 aromatic carbocycles. The van der Waals surface area contributed by atoms with Crippen molar-refractivity contribution in [1.29, 1.82) is 0 Å². The Morgan fingerprint density at radius 1 is 1.23 bits per heavy atom. The molecule has 1 aliphatic heterocycles. The molecular formula is C24H22BrClFN5O3. The number of likely N-dealkylation sites (tertiary alicyclic amines) is 1. The Hall–Kier alpha value is -2.98. The molecular weight excluding hydrogens is 541 g/mol. The predicted molar refractivity (Wildman–Crippen MR) is 131 cm³/mol. The molecule has 3 N–H and O–H groups in total. The number of rotatable bonds is 6. The maximum atomic E-state index is 14.4. The van der Waals surface area contributed by atoms with Crippen LogP contribution in [0.4, 0.5) is 4.39 Å². The van der Waals surface area contributed by atoms with E-state index in [4.69, 9.17) is 17.3 Å². The molecule has 3 atom stereocenters. The molecule has 2 bridgehead atoms. The summed E-state index contributed by atoms with van der Waals surface area (Å²) in [5, 5.41) is 7.58. The minimum Gasteiger partial charge on any atom is -0.364 e. The van der Waals surface area contributed by atoms with Crippen molar-refractivity contribution in [3.63, 3.8) is 0 Å². The average Bonchev–Trinajstić information content (AvgIpc) is 3.53. The van der Waals surface area contributed by atoms with E-state index in [1.165, 1.54) is 10.7 Å². The lowest BCUT2D eigenvalue weighted by molar-refractivity contribution is -0.143. The van der Waals surface area contributed by atoms with E-state index in [0.29, 0.717) is 15.4 Å². The molecule has 35 heavy (non-hydrogen) atoms. The fourth-order valence-corrected chi connectivity index (χ4v) is 6.22. The second-order valence-electron chi connectivity index (χ2n) is 8.94. The van der Waals surface area contributed by atoms with Crippen LogP contribution in [0.3, 0.4) is 0 Å². The molecule has 11 heteroatoms. The van der Waals surface area contributed by atoms with Gasteiger partial charge in [0.2, 0.25) is 11.8 Å². The number of halogens is 3. The molecule has 2 fully saturated rings. The number of benzene rings is 2. The van der Waals surface area contributed by atoms with Gasteiger partial charge in [0.25, 0.3) is 5.91 Å². The third kappa shape index (κ3) is 4.29. The molecule has 0 spiro atoms. The highest BCUT2D eigenvalue weighted by Gasteiger charge is 2.51. The average molecular weight is 563 g/mol. The third-order valence-corrected chi connectivity index (χ3v) is 7.57. The van der Waals surface area contributed by atoms with Crippen molar-refractivity contribution < 1.29 is 18.8 Å². The van der Waals surface area contributed by atoms with Crippen molar-refractivity contribution in [3.8, 4) is 0 Å². The summed E-state index contributed by atoms with van der Waals surface area (Å²) in [4.78, 5) is 40.1. The van der Waals surface area contributed by atoms with Crippen molar-refractivity contribution in [3.05, 3.63) is 63.0 Å². The van der Waals surface area contributed by atoms with Gasteiger partial charge in [0.05, 0.1) is 10.5 Å². The van der Waals surface area contributed by atoms with Gasteiger partial charge < -0.3 is 16.0 Å². The second-order valence-corrected chi connectivity index (χ2v) is 10.3. The minimum atomic E-state index is -0.676. The summed E-state index contributed by atoms with van der Waals surface area (Å²) in [6.45, 7) is -0.178. The molecule has 2 aliphatic rings. The van der Waals surface area contributed by atoms with Crippen molar-refractivity contribution in [2.75, 3.05) is 0 Å². The molecule has 0 unspecified atom stereocenters. The van der Waals surface area contributed by atoms with Gasteiger partial charge in [0.15, 0.2) is 5.69 Å². The van der Waals surface area contributed by atoms with Crippen molar-refractivity contribution >= 4 is 56.2 Å². The number of amides is 3. The zero-order valence-corrected chi connectivity index (χ0v) is 20.9. The summed E-state index contributed by atoms with van der Waals surface area (Å²) in [6, 6.07) is 9.36. The predicted octanol–water partition coefficient (Wildman–Crippen LogP) is 3.39. The van der Waals surface area contributed by atoms with E-state index < -0.39 is 17.8 Å². The maximum absolute atomic E-state index is 14.4. The van der Waals surface area contributed by atoms with Crippen LogP contribution in [0.15, 0.2) is 40.9 Å². The van der Waals surface area contributed by atoms with Crippen molar-refractivity contribution in [1.82, 2.24) is 20.0 Å². The van der Waals surface area contributed by atoms with Gasteiger partial charge in [-0.05, 0) is 43.4 Å². The van der Waals surface area contributed by atoms with E-state index in [-0.39, 0.29) is 53.1 Å². The van der Waals surface area contributed by atoms with E-state index in [1.807, 2.05) is 0 Å². The third-order valence-electron chi connectivity index (χ3n) is 6.84. The summed E-state index contributed by atoms with van der Waals surface area (Å²) in [7, 11) is 0. The van der Waals surface area contributed by atoms with E-state index in [2.05, 4.69) is 26.3 Å². The number of nitrogens with one attached hydrogen (secondary N) is 1. The lowest BCUT2D eigenvalue weighted by atomic mass is 9.97. The van der Waals surface area contributed by atoms with Crippen LogP contribution in [-0.4, -0.2) is 44.5 Å². The standard InChI is InChI=1S/C24H22BrClFN5O3/c25-14-7-13(20(27)17(26)9-14)10-29-24(35)22-12-5-6-15(8-12)32(22)19(33)11-31-18-4-2-1-3-16(18)21(30-31)23(28)34/h1-4,7,9,12,15,22H,5-6,8,10-11H2,(H2,28,34)(H,29,35)/t12-,15+,22-/m0/s1. The Kier molecular flexibility index (Phi) is 6.27. The topological polar surface area (TPSA) is 110 Å². The van der Waals surface area contributed by atoms with Crippen LogP contribution >= 0.6 is 27.5 Å². The van der Waals surface area contributed by atoms with E-state index in [1.54, 1.807) is 35.2 Å². The van der Waals surface area contributed by atoms with Gasteiger partial charge in [-0.3, -0.25) is 19.1 Å². The van der Waals surface area contributed by atoms with Crippen LogP contribution in [0.25, 0.3) is 10.9 Å². The quantitative estimate of drug-likeness (QED) is 0.449. The number of nitrogens with zero attached hydrogens (tertiary/aromatic N) is 3. The number of hydrogen-bond donors (Lipinski definition) is 2. The van der Waals surface area contributed by atoms with Crippen LogP contribution in [-0.2, 0) is 22.7 Å². The van der Waals surface area contributed by atoms with Crippen molar-refractivity contribution in [2.24, 2.45) is 11.7 Å². The van der Waals surface area contributed by atoms with Gasteiger partial charge in [-0.2, -0.15) is 5.10 Å². The summed E-state index contributed by atoms with van der Waals surface area (Å²) in [6.07, 6.45) is 2.41. The lowest BCUT2D eigenvalue weighted by Gasteiger charge is -2.34. The Balaban J connectivity index is 1.36. The number of aromatic nitrogens is 2. The van der Waals surface area contributed by atoms with Crippen LogP contribution in [0.1, 0.15) is 35.3 Å². The van der Waals surface area contributed by atoms with Gasteiger partial charge in [-0.25, -0.2) is 4.39 Å². The highest BCUT2D eigenvalue weighted by atomic mass is 79.9. The van der Waals surface area contributed by atoms with E-state index >= 15 is 0 Å². The molecule has 182 valence electrons. The number of para-hydroxylation sites is 1. The number of nitrogens with two attached hydrogens (primary N) is 1. The normalized spacial score (nSPS) is 21.0. The first kappa shape index (κ1) is 23.7. The smallest absolute Gasteiger partial charge is 0.269 e. The number of hydrogen-bond acceptors (Lipinski definition) is 4. The van der Waals surface area contributed by atoms with Gasteiger partial charge in [0.1, 0.15) is 18.4 Å². The molecule has 3 amide bonds. The first-order valence-corrected chi connectivity index (χ1v) is 12.4. The van der Waals surface area contributed by atoms with Gasteiger partial charge in [-0.15, -0.1) is 0 Å². The number of primary amides is 1. The number of fused-ring (bicyclic) bond motifs is 3. The Morgan fingerprint density at radius 3 is 2.77 bits per heavy atom. The van der Waals surface area contributed by atoms with E-state index in [0.717, 1.165) is 19.3 Å². The SMILES string of the molecule is NC(=O)c1nn(CC(=O)N2[C@@H]3CC[C@@H](C3)[C@H]2C(=O)NCc2cc(Br)cc(Cl)c2F)c2ccccc12. The molecule has 3 aromatic rings. The van der Waals surface area contributed by atoms with Crippen molar-refractivity contribution in [2.45, 2.75) is 44.4 Å². The maximum Gasteiger partial charge on any atom is 0.269 e. The number of carbonyl (C=O) groups is 3. The fourth-order valence-electron chi connectivity index (χ4n) is 5.35. The second kappa shape index (κ2) is 9.23. The van der Waals surface area contributed by atoms with Crippen LogP contribution in [0.2, 0.25) is 5.02 Å². The zero-order valence-electron chi connectivity index (χ0n) is 18.5. The molecule has 1 aromatic heterocycles. The zero-order chi connectivity index (χ0) is 24.9. The number of piperidine rings is 1. The highest BCUT2D eigenvalue weighted by molar-refractivity contribution is 9.10. The molecule has 1 saturated heterocycles. The number of carbonyl (C=O) groups excluding carboxylic acids is 3. The van der Waals surface area contributed by atoms with Crippen LogP contribution < -0.4 is 11.1 Å². The molecule has 1 aliphatic carbocycles. The monoisotopic (exact) mass is 561 g/mol. The largest absolute Gasteiger partial charge is 0.364 e. The summed E-state index contributed by atoms with van der Waals surface area (Å²) in [5.74, 6) is -1.82. The van der Waals surface area contributed by atoms with Gasteiger partial charge >= 0.3 is 0 Å². The molecule has 2 heterocycles. The van der Waals surface area contributed by atoms with Gasteiger partial charge in [-0.1, -0.05) is 45.7 Å². The Bertz CT molecular complexity index is 1360. The van der Waals surface area contributed by atoms with E-state index in [9.17, 15) is 18.8 Å². The van der Waals surface area contributed by atoms with Gasteiger partial charge in [0, 0.05) is 28.0 Å². The Morgan fingerprint density at radius 2 is 2.00 bits per heavy atom. The first-order chi connectivity index (χ1) is 16.7. The Labute approximate surface area is 213 Å². The molecule has 0 radical (unpaired) electrons.